The van der Waals surface area contributed by atoms with Crippen molar-refractivity contribution in [3.05, 3.63) is 65.4 Å². The van der Waals surface area contributed by atoms with Crippen LogP contribution in [0.2, 0.25) is 0 Å². The molecule has 5 rings (SSSR count). The number of H-pyrrole nitrogens is 1. The lowest BCUT2D eigenvalue weighted by molar-refractivity contribution is 0.00578. The second-order valence-corrected chi connectivity index (χ2v) is 11.4. The van der Waals surface area contributed by atoms with Crippen LogP contribution >= 0.6 is 0 Å². The Morgan fingerprint density at radius 3 is 2.27 bits per heavy atom. The summed E-state index contributed by atoms with van der Waals surface area (Å²) in [7, 11) is -0.329. The van der Waals surface area contributed by atoms with E-state index in [9.17, 15) is 0 Å². The minimum Gasteiger partial charge on any atom is -0.399 e. The number of nitrogens with zero attached hydrogens (tertiary/aromatic N) is 1. The van der Waals surface area contributed by atoms with E-state index in [2.05, 4.69) is 107 Å². The Bertz CT molecular complexity index is 1130. The summed E-state index contributed by atoms with van der Waals surface area (Å²) in [5, 5.41) is 1.36. The molecule has 3 heterocycles. The van der Waals surface area contributed by atoms with Crippen LogP contribution in [0.4, 0.5) is 0 Å². The molecule has 2 aliphatic heterocycles. The zero-order valence-electron chi connectivity index (χ0n) is 21.1. The molecule has 3 aromatic rings. The van der Waals surface area contributed by atoms with Crippen LogP contribution in [0, 0.1) is 5.92 Å². The summed E-state index contributed by atoms with van der Waals surface area (Å²) >= 11 is 0. The van der Waals surface area contributed by atoms with Gasteiger partial charge in [-0.3, -0.25) is 4.90 Å². The predicted octanol–water partition coefficient (Wildman–Crippen LogP) is 5.46. The summed E-state index contributed by atoms with van der Waals surface area (Å²) in [4.78, 5) is 6.46. The molecule has 0 radical (unpaired) electrons. The fourth-order valence-corrected chi connectivity index (χ4v) is 5.39. The molecule has 4 nitrogen and oxygen atoms in total. The van der Waals surface area contributed by atoms with Crippen LogP contribution in [0.3, 0.4) is 0 Å². The number of benzene rings is 2. The summed E-state index contributed by atoms with van der Waals surface area (Å²) in [6.07, 6.45) is 1.08. The maximum atomic E-state index is 6.28. The van der Waals surface area contributed by atoms with E-state index in [1.165, 1.54) is 27.7 Å². The molecule has 1 fully saturated rings. The van der Waals surface area contributed by atoms with Crippen molar-refractivity contribution in [3.8, 4) is 0 Å². The van der Waals surface area contributed by atoms with Crippen molar-refractivity contribution >= 4 is 23.5 Å². The Morgan fingerprint density at radius 1 is 1.00 bits per heavy atom. The van der Waals surface area contributed by atoms with Gasteiger partial charge in [-0.2, -0.15) is 0 Å². The van der Waals surface area contributed by atoms with Gasteiger partial charge < -0.3 is 14.3 Å². The summed E-state index contributed by atoms with van der Waals surface area (Å²) in [6, 6.07) is 18.3. The number of para-hydroxylation sites is 1. The SMILES string of the molecule is CC(C)CN1[C@H](c2ccc(B3OC(C)(C)C(C)(C)O3)cc2)c2[nH]c3ccccc3c2C[C@H]1C. The zero-order valence-corrected chi connectivity index (χ0v) is 21.1. The number of nitrogens with one attached hydrogen (secondary N) is 1. The van der Waals surface area contributed by atoms with Gasteiger partial charge in [0.25, 0.3) is 0 Å². The highest BCUT2D eigenvalue weighted by Gasteiger charge is 2.51. The highest BCUT2D eigenvalue weighted by Crippen LogP contribution is 2.41. The fourth-order valence-electron chi connectivity index (χ4n) is 5.39. The Morgan fingerprint density at radius 2 is 1.64 bits per heavy atom. The van der Waals surface area contributed by atoms with Gasteiger partial charge in [0.1, 0.15) is 0 Å². The third kappa shape index (κ3) is 3.84. The molecule has 5 heteroatoms. The van der Waals surface area contributed by atoms with Crippen LogP contribution in [-0.2, 0) is 15.7 Å². The predicted molar refractivity (Wildman–Crippen MR) is 137 cm³/mol. The summed E-state index contributed by atoms with van der Waals surface area (Å²) in [5.41, 5.74) is 5.78. The van der Waals surface area contributed by atoms with Crippen LogP contribution in [0.1, 0.15) is 71.3 Å². The third-order valence-corrected chi connectivity index (χ3v) is 7.87. The molecule has 1 aromatic heterocycles. The molecule has 0 bridgehead atoms. The number of hydrogen-bond acceptors (Lipinski definition) is 3. The molecular formula is C28H37BN2O2. The lowest BCUT2D eigenvalue weighted by Gasteiger charge is -2.42. The molecule has 33 heavy (non-hydrogen) atoms. The lowest BCUT2D eigenvalue weighted by atomic mass is 9.78. The molecular weight excluding hydrogens is 407 g/mol. The van der Waals surface area contributed by atoms with Gasteiger partial charge in [-0.15, -0.1) is 0 Å². The van der Waals surface area contributed by atoms with Crippen molar-refractivity contribution in [3.63, 3.8) is 0 Å². The first kappa shape index (κ1) is 22.7. The van der Waals surface area contributed by atoms with Crippen LogP contribution in [0.5, 0.6) is 0 Å². The lowest BCUT2D eigenvalue weighted by Crippen LogP contribution is -2.44. The summed E-state index contributed by atoms with van der Waals surface area (Å²) in [6.45, 7) is 16.5. The smallest absolute Gasteiger partial charge is 0.399 e. The molecule has 0 saturated carbocycles. The Labute approximate surface area is 198 Å². The van der Waals surface area contributed by atoms with Crippen molar-refractivity contribution in [1.82, 2.24) is 9.88 Å². The van der Waals surface area contributed by atoms with E-state index in [0.29, 0.717) is 12.0 Å². The van der Waals surface area contributed by atoms with E-state index < -0.39 is 0 Å². The number of aromatic nitrogens is 1. The van der Waals surface area contributed by atoms with E-state index in [1.54, 1.807) is 0 Å². The van der Waals surface area contributed by atoms with Crippen LogP contribution in [0.25, 0.3) is 10.9 Å². The molecule has 174 valence electrons. The molecule has 0 aliphatic carbocycles. The zero-order chi connectivity index (χ0) is 23.5. The largest absolute Gasteiger partial charge is 0.494 e. The average molecular weight is 444 g/mol. The molecule has 2 aromatic carbocycles. The normalized spacial score (nSPS) is 24.5. The molecule has 2 atom stereocenters. The molecule has 2 aliphatic rings. The maximum Gasteiger partial charge on any atom is 0.494 e. The van der Waals surface area contributed by atoms with Gasteiger partial charge in [0, 0.05) is 29.2 Å². The van der Waals surface area contributed by atoms with Gasteiger partial charge in [0.05, 0.1) is 17.2 Å². The standard InChI is InChI=1S/C28H37BN2O2/c1-18(2)17-31-19(3)16-23-22-10-8-9-11-24(22)30-25(23)26(31)20-12-14-21(15-13-20)29-32-27(4,5)28(6,7)33-29/h8-15,18-19,26,30H,16-17H2,1-7H3/t19-,26-/m1/s1. The summed E-state index contributed by atoms with van der Waals surface area (Å²) in [5.74, 6) is 0.602. The molecule has 1 saturated heterocycles. The van der Waals surface area contributed by atoms with Crippen LogP contribution in [-0.4, -0.2) is 40.8 Å². The van der Waals surface area contributed by atoms with Gasteiger partial charge in [0.2, 0.25) is 0 Å². The second kappa shape index (κ2) is 8.01. The first-order chi connectivity index (χ1) is 15.6. The van der Waals surface area contributed by atoms with E-state index >= 15 is 0 Å². The molecule has 0 spiro atoms. The highest BCUT2D eigenvalue weighted by atomic mass is 16.7. The van der Waals surface area contributed by atoms with Crippen molar-refractivity contribution in [2.24, 2.45) is 5.92 Å². The topological polar surface area (TPSA) is 37.5 Å². The van der Waals surface area contributed by atoms with Gasteiger partial charge >= 0.3 is 7.12 Å². The number of fused-ring (bicyclic) bond motifs is 3. The van der Waals surface area contributed by atoms with Crippen molar-refractivity contribution < 1.29 is 9.31 Å². The molecule has 0 amide bonds. The van der Waals surface area contributed by atoms with Gasteiger partial charge in [-0.05, 0) is 69.6 Å². The Hall–Kier alpha value is -2.08. The van der Waals surface area contributed by atoms with Crippen molar-refractivity contribution in [2.75, 3.05) is 6.54 Å². The molecule has 1 N–H and O–H groups in total. The van der Waals surface area contributed by atoms with Crippen molar-refractivity contribution in [2.45, 2.75) is 78.2 Å². The average Bonchev–Trinajstić information content (AvgIpc) is 3.21. The van der Waals surface area contributed by atoms with E-state index in [0.717, 1.165) is 18.4 Å². The van der Waals surface area contributed by atoms with Crippen LogP contribution in [0.15, 0.2) is 48.5 Å². The second-order valence-electron chi connectivity index (χ2n) is 11.4. The Kier molecular flexibility index (Phi) is 5.51. The van der Waals surface area contributed by atoms with E-state index in [-0.39, 0.29) is 24.4 Å². The van der Waals surface area contributed by atoms with E-state index in [1.807, 2.05) is 0 Å². The highest BCUT2D eigenvalue weighted by molar-refractivity contribution is 6.62. The number of hydrogen-bond donors (Lipinski definition) is 1. The first-order valence-electron chi connectivity index (χ1n) is 12.4. The Balaban J connectivity index is 1.53. The van der Waals surface area contributed by atoms with Crippen molar-refractivity contribution in [1.29, 1.82) is 0 Å². The minimum absolute atomic E-state index is 0.214. The van der Waals surface area contributed by atoms with Gasteiger partial charge in [0.15, 0.2) is 0 Å². The molecule has 0 unspecified atom stereocenters. The monoisotopic (exact) mass is 444 g/mol. The van der Waals surface area contributed by atoms with Gasteiger partial charge in [-0.1, -0.05) is 56.3 Å². The van der Waals surface area contributed by atoms with E-state index in [4.69, 9.17) is 9.31 Å². The van der Waals surface area contributed by atoms with Gasteiger partial charge in [-0.25, -0.2) is 0 Å². The maximum absolute atomic E-state index is 6.28. The third-order valence-electron chi connectivity index (χ3n) is 7.87. The van der Waals surface area contributed by atoms with Crippen LogP contribution < -0.4 is 5.46 Å². The summed E-state index contributed by atoms with van der Waals surface area (Å²) < 4.78 is 12.6. The quantitative estimate of drug-likeness (QED) is 0.543. The fraction of sp³-hybridized carbons (Fsp3) is 0.500. The number of aromatic amines is 1. The first-order valence-corrected chi connectivity index (χ1v) is 12.4. The number of rotatable bonds is 4. The minimum atomic E-state index is -0.331.